The van der Waals surface area contributed by atoms with Gasteiger partial charge in [0.1, 0.15) is 0 Å². The fourth-order valence-electron chi connectivity index (χ4n) is 2.19. The van der Waals surface area contributed by atoms with E-state index in [0.29, 0.717) is 12.0 Å². The van der Waals surface area contributed by atoms with E-state index in [2.05, 4.69) is 0 Å². The molecule has 1 rings (SSSR count). The fourth-order valence-corrected chi connectivity index (χ4v) is 2.19. The number of benzene rings is 1. The molecule has 1 atom stereocenters. The van der Waals surface area contributed by atoms with Crippen LogP contribution in [0.1, 0.15) is 56.6 Å². The summed E-state index contributed by atoms with van der Waals surface area (Å²) in [4.78, 5) is 12.0. The number of hydrogen-bond donors (Lipinski definition) is 0. The van der Waals surface area contributed by atoms with Crippen molar-refractivity contribution in [2.75, 3.05) is 6.61 Å². The van der Waals surface area contributed by atoms with E-state index in [1.165, 1.54) is 6.07 Å². The van der Waals surface area contributed by atoms with Crippen LogP contribution in [0.25, 0.3) is 0 Å². The number of halogens is 3. The Balaban J connectivity index is 2.98. The van der Waals surface area contributed by atoms with Crippen LogP contribution < -0.4 is 0 Å². The summed E-state index contributed by atoms with van der Waals surface area (Å²) in [7, 11) is 0. The molecule has 21 heavy (non-hydrogen) atoms. The monoisotopic (exact) mass is 302 g/mol. The topological polar surface area (TPSA) is 26.3 Å². The normalized spacial score (nSPS) is 13.0. The molecule has 0 saturated carbocycles. The van der Waals surface area contributed by atoms with Gasteiger partial charge in [-0.2, -0.15) is 13.2 Å². The van der Waals surface area contributed by atoms with Crippen molar-refractivity contribution < 1.29 is 22.7 Å². The third-order valence-corrected chi connectivity index (χ3v) is 3.28. The first-order chi connectivity index (χ1) is 9.90. The average molecular weight is 302 g/mol. The van der Waals surface area contributed by atoms with Crippen molar-refractivity contribution in [2.24, 2.45) is 0 Å². The molecule has 0 amide bonds. The highest BCUT2D eigenvalue weighted by Crippen LogP contribution is 2.32. The molecule has 118 valence electrons. The van der Waals surface area contributed by atoms with Crippen LogP contribution in [0.5, 0.6) is 0 Å². The van der Waals surface area contributed by atoms with Gasteiger partial charge in [-0.1, -0.05) is 44.4 Å². The Hall–Kier alpha value is -1.52. The van der Waals surface area contributed by atoms with Gasteiger partial charge >= 0.3 is 12.1 Å². The van der Waals surface area contributed by atoms with E-state index in [9.17, 15) is 18.0 Å². The van der Waals surface area contributed by atoms with Crippen LogP contribution in [-0.4, -0.2) is 12.6 Å². The molecule has 0 heterocycles. The molecule has 0 aromatic heterocycles. The van der Waals surface area contributed by atoms with E-state index in [1.54, 1.807) is 13.0 Å². The summed E-state index contributed by atoms with van der Waals surface area (Å²) in [5, 5.41) is 0. The highest BCUT2D eigenvalue weighted by atomic mass is 19.4. The van der Waals surface area contributed by atoms with Gasteiger partial charge in [-0.05, 0) is 25.0 Å². The quantitative estimate of drug-likeness (QED) is 0.527. The first kappa shape index (κ1) is 17.5. The summed E-state index contributed by atoms with van der Waals surface area (Å²) in [6.07, 6.45) is -1.18. The maximum Gasteiger partial charge on any atom is 0.416 e. The minimum atomic E-state index is -4.40. The van der Waals surface area contributed by atoms with E-state index < -0.39 is 23.6 Å². The van der Waals surface area contributed by atoms with Gasteiger partial charge in [0, 0.05) is 0 Å². The molecule has 0 bridgehead atoms. The predicted octanol–water partition coefficient (Wildman–Crippen LogP) is 4.93. The second-order valence-corrected chi connectivity index (χ2v) is 4.92. The molecule has 1 unspecified atom stereocenters. The number of rotatable bonds is 7. The summed E-state index contributed by atoms with van der Waals surface area (Å²) >= 11 is 0. The van der Waals surface area contributed by atoms with E-state index >= 15 is 0 Å². The lowest BCUT2D eigenvalue weighted by molar-refractivity contribution is -0.145. The summed E-state index contributed by atoms with van der Waals surface area (Å²) in [6.45, 7) is 3.94. The highest BCUT2D eigenvalue weighted by molar-refractivity contribution is 5.78. The summed E-state index contributed by atoms with van der Waals surface area (Å²) in [5.41, 5.74) is -0.357. The van der Waals surface area contributed by atoms with Gasteiger partial charge in [-0.15, -0.1) is 0 Å². The number of unbranched alkanes of at least 4 members (excludes halogenated alkanes) is 2. The van der Waals surface area contributed by atoms with Crippen molar-refractivity contribution in [1.29, 1.82) is 0 Å². The van der Waals surface area contributed by atoms with Gasteiger partial charge in [0.05, 0.1) is 18.1 Å². The molecule has 2 nitrogen and oxygen atoms in total. The van der Waals surface area contributed by atoms with Gasteiger partial charge in [0.2, 0.25) is 0 Å². The molecular formula is C16H21F3O2. The number of carbonyl (C=O) groups excluding carboxylic acids is 1. The number of esters is 1. The van der Waals surface area contributed by atoms with Crippen LogP contribution in [0.3, 0.4) is 0 Å². The van der Waals surface area contributed by atoms with Crippen molar-refractivity contribution >= 4 is 5.97 Å². The maximum absolute atomic E-state index is 12.8. The Morgan fingerprint density at radius 2 is 1.95 bits per heavy atom. The molecule has 0 aliphatic heterocycles. The minimum absolute atomic E-state index is 0.224. The molecular weight excluding hydrogens is 281 g/mol. The van der Waals surface area contributed by atoms with Gasteiger partial charge in [-0.25, -0.2) is 0 Å². The zero-order valence-electron chi connectivity index (χ0n) is 12.4. The maximum atomic E-state index is 12.8. The molecule has 0 spiro atoms. The van der Waals surface area contributed by atoms with Crippen molar-refractivity contribution in [1.82, 2.24) is 0 Å². The SMILES string of the molecule is CCCCCC(C(=O)OCC)c1cccc(C(F)(F)F)c1. The van der Waals surface area contributed by atoms with Crippen LogP contribution in [0.4, 0.5) is 13.2 Å². The third kappa shape index (κ3) is 5.40. The Kier molecular flexibility index (Phi) is 6.72. The van der Waals surface area contributed by atoms with E-state index in [-0.39, 0.29) is 6.61 Å². The number of alkyl halides is 3. The lowest BCUT2D eigenvalue weighted by atomic mass is 9.92. The first-order valence-electron chi connectivity index (χ1n) is 7.24. The Labute approximate surface area is 123 Å². The molecule has 5 heteroatoms. The second kappa shape index (κ2) is 8.05. The van der Waals surface area contributed by atoms with Gasteiger partial charge < -0.3 is 4.74 Å². The second-order valence-electron chi connectivity index (χ2n) is 4.92. The predicted molar refractivity (Wildman–Crippen MR) is 75.0 cm³/mol. The van der Waals surface area contributed by atoms with Crippen LogP contribution in [-0.2, 0) is 15.7 Å². The smallest absolute Gasteiger partial charge is 0.416 e. The summed E-state index contributed by atoms with van der Waals surface area (Å²) in [6, 6.07) is 4.96. The van der Waals surface area contributed by atoms with Gasteiger partial charge in [0.25, 0.3) is 0 Å². The Bertz CT molecular complexity index is 455. The van der Waals surface area contributed by atoms with E-state index in [1.807, 2.05) is 6.92 Å². The molecule has 0 N–H and O–H groups in total. The van der Waals surface area contributed by atoms with Crippen LogP contribution in [0.15, 0.2) is 24.3 Å². The average Bonchev–Trinajstić information content (AvgIpc) is 2.43. The number of ether oxygens (including phenoxy) is 1. The van der Waals surface area contributed by atoms with Crippen LogP contribution >= 0.6 is 0 Å². The lowest BCUT2D eigenvalue weighted by Gasteiger charge is -2.17. The molecule has 0 aliphatic rings. The Morgan fingerprint density at radius 1 is 1.24 bits per heavy atom. The summed E-state index contributed by atoms with van der Waals surface area (Å²) < 4.78 is 43.3. The molecule has 1 aromatic carbocycles. The van der Waals surface area contributed by atoms with Crippen LogP contribution in [0.2, 0.25) is 0 Å². The standard InChI is InChI=1S/C16H21F3O2/c1-3-5-6-10-14(15(20)21-4-2)12-8-7-9-13(11-12)16(17,18)19/h7-9,11,14H,3-6,10H2,1-2H3. The Morgan fingerprint density at radius 3 is 2.52 bits per heavy atom. The summed E-state index contributed by atoms with van der Waals surface area (Å²) in [5.74, 6) is -1.08. The van der Waals surface area contributed by atoms with Crippen molar-refractivity contribution in [3.05, 3.63) is 35.4 Å². The molecule has 0 aliphatic carbocycles. The van der Waals surface area contributed by atoms with Crippen molar-refractivity contribution in [3.8, 4) is 0 Å². The molecule has 0 radical (unpaired) electrons. The molecule has 0 fully saturated rings. The third-order valence-electron chi connectivity index (χ3n) is 3.28. The molecule has 1 aromatic rings. The minimum Gasteiger partial charge on any atom is -0.466 e. The number of hydrogen-bond acceptors (Lipinski definition) is 2. The lowest BCUT2D eigenvalue weighted by Crippen LogP contribution is -2.17. The zero-order chi connectivity index (χ0) is 15.9. The highest BCUT2D eigenvalue weighted by Gasteiger charge is 2.32. The number of carbonyl (C=O) groups is 1. The first-order valence-corrected chi connectivity index (χ1v) is 7.24. The fraction of sp³-hybridized carbons (Fsp3) is 0.562. The van der Waals surface area contributed by atoms with Gasteiger partial charge in [0.15, 0.2) is 0 Å². The zero-order valence-corrected chi connectivity index (χ0v) is 12.4. The van der Waals surface area contributed by atoms with Gasteiger partial charge in [-0.3, -0.25) is 4.79 Å². The largest absolute Gasteiger partial charge is 0.466 e. The van der Waals surface area contributed by atoms with Crippen molar-refractivity contribution in [2.45, 2.75) is 51.6 Å². The van der Waals surface area contributed by atoms with E-state index in [4.69, 9.17) is 4.74 Å². The van der Waals surface area contributed by atoms with Crippen LogP contribution in [0, 0.1) is 0 Å². The van der Waals surface area contributed by atoms with Crippen molar-refractivity contribution in [3.63, 3.8) is 0 Å². The van der Waals surface area contributed by atoms with E-state index in [0.717, 1.165) is 31.4 Å². The molecule has 0 saturated heterocycles.